The number of alkyl halides is 1. The third-order valence-corrected chi connectivity index (χ3v) is 6.17. The van der Waals surface area contributed by atoms with Crippen molar-refractivity contribution in [3.05, 3.63) is 34.9 Å². The van der Waals surface area contributed by atoms with Gasteiger partial charge in [-0.15, -0.1) is 11.6 Å². The molecule has 0 N–H and O–H groups in total. The fraction of sp³-hybridized carbons (Fsp3) is 0.625. The van der Waals surface area contributed by atoms with Gasteiger partial charge in [-0.1, -0.05) is 45.9 Å². The Morgan fingerprint density at radius 1 is 0.950 bits per heavy atom. The van der Waals surface area contributed by atoms with Crippen LogP contribution in [0.2, 0.25) is 0 Å². The minimum Gasteiger partial charge on any atom is -0.229 e. The lowest BCUT2D eigenvalue weighted by Crippen LogP contribution is -2.22. The van der Waals surface area contributed by atoms with E-state index in [1.165, 1.54) is 11.8 Å². The van der Waals surface area contributed by atoms with Gasteiger partial charge in [0.2, 0.25) is 0 Å². The van der Waals surface area contributed by atoms with Crippen molar-refractivity contribution < 1.29 is 8.42 Å². The second-order valence-corrected chi connectivity index (χ2v) is 9.01. The summed E-state index contributed by atoms with van der Waals surface area (Å²) in [5, 5.41) is -1.10. The zero-order chi connectivity index (χ0) is 15.7. The molecule has 2 atom stereocenters. The monoisotopic (exact) mass is 316 g/mol. The molecule has 2 unspecified atom stereocenters. The zero-order valence-corrected chi connectivity index (χ0v) is 14.7. The van der Waals surface area contributed by atoms with Gasteiger partial charge in [0, 0.05) is 6.26 Å². The molecule has 0 radical (unpaired) electrons. The Balaban J connectivity index is 3.31. The van der Waals surface area contributed by atoms with Crippen LogP contribution in [0.3, 0.4) is 0 Å². The van der Waals surface area contributed by atoms with Gasteiger partial charge >= 0.3 is 0 Å². The maximum atomic E-state index is 11.7. The van der Waals surface area contributed by atoms with Gasteiger partial charge in [0.15, 0.2) is 9.84 Å². The third-order valence-electron chi connectivity index (χ3n) is 3.78. The van der Waals surface area contributed by atoms with Crippen LogP contribution in [-0.2, 0) is 9.84 Å². The molecular formula is C16H25ClO2S. The molecule has 2 nitrogen and oxygen atoms in total. The first kappa shape index (κ1) is 17.5. The number of rotatable bonds is 5. The highest BCUT2D eigenvalue weighted by molar-refractivity contribution is 7.91. The first-order valence-electron chi connectivity index (χ1n) is 7.02. The molecule has 0 aliphatic heterocycles. The molecule has 0 fully saturated rings. The summed E-state index contributed by atoms with van der Waals surface area (Å²) < 4.78 is 23.4. The number of benzene rings is 1. The fourth-order valence-corrected chi connectivity index (χ4v) is 3.51. The van der Waals surface area contributed by atoms with Crippen LogP contribution in [0, 0.1) is 0 Å². The Morgan fingerprint density at radius 2 is 1.50 bits per heavy atom. The molecule has 0 bridgehead atoms. The first-order chi connectivity index (χ1) is 9.05. The number of halogens is 1. The summed E-state index contributed by atoms with van der Waals surface area (Å²) in [6.07, 6.45) is 1.24. The molecule has 0 aliphatic carbocycles. The predicted octanol–water partition coefficient (Wildman–Crippen LogP) is 4.65. The molecule has 1 aromatic carbocycles. The van der Waals surface area contributed by atoms with Crippen LogP contribution in [0.1, 0.15) is 68.5 Å². The van der Waals surface area contributed by atoms with E-state index in [9.17, 15) is 8.42 Å². The quantitative estimate of drug-likeness (QED) is 0.741. The van der Waals surface area contributed by atoms with E-state index >= 15 is 0 Å². The predicted molar refractivity (Wildman–Crippen MR) is 87.5 cm³/mol. The average molecular weight is 317 g/mol. The Hall–Kier alpha value is -0.540. The van der Waals surface area contributed by atoms with Crippen LogP contribution >= 0.6 is 11.6 Å². The van der Waals surface area contributed by atoms with E-state index in [4.69, 9.17) is 11.6 Å². The molecule has 1 aromatic rings. The van der Waals surface area contributed by atoms with Crippen molar-refractivity contribution in [3.8, 4) is 0 Å². The average Bonchev–Trinajstić information content (AvgIpc) is 2.34. The molecule has 0 aromatic heterocycles. The standard InChI is InChI=1S/C16H25ClO2S/c1-10(2)13-7-8-14(15(9-13)11(3)4)16(17)12(5)20(6,18)19/h7-12,16H,1-6H3. The maximum Gasteiger partial charge on any atom is 0.151 e. The zero-order valence-electron chi connectivity index (χ0n) is 13.1. The summed E-state index contributed by atoms with van der Waals surface area (Å²) in [6, 6.07) is 6.20. The summed E-state index contributed by atoms with van der Waals surface area (Å²) in [7, 11) is -3.15. The lowest BCUT2D eigenvalue weighted by molar-refractivity contribution is 0.586. The van der Waals surface area contributed by atoms with Crippen LogP contribution in [0.15, 0.2) is 18.2 Å². The first-order valence-corrected chi connectivity index (χ1v) is 9.41. The molecule has 4 heteroatoms. The van der Waals surface area contributed by atoms with Gasteiger partial charge in [-0.25, -0.2) is 8.42 Å². The molecule has 20 heavy (non-hydrogen) atoms. The largest absolute Gasteiger partial charge is 0.229 e. The van der Waals surface area contributed by atoms with Gasteiger partial charge in [0.25, 0.3) is 0 Å². The number of sulfone groups is 1. The van der Waals surface area contributed by atoms with E-state index < -0.39 is 20.5 Å². The smallest absolute Gasteiger partial charge is 0.151 e. The Labute approximate surface area is 128 Å². The van der Waals surface area contributed by atoms with E-state index in [1.54, 1.807) is 6.92 Å². The normalized spacial score (nSPS) is 15.7. The molecule has 1 rings (SSSR count). The van der Waals surface area contributed by atoms with Gasteiger partial charge < -0.3 is 0 Å². The topological polar surface area (TPSA) is 34.1 Å². The van der Waals surface area contributed by atoms with Crippen LogP contribution in [0.4, 0.5) is 0 Å². The number of hydrogen-bond acceptors (Lipinski definition) is 2. The van der Waals surface area contributed by atoms with E-state index in [0.29, 0.717) is 11.8 Å². The highest BCUT2D eigenvalue weighted by atomic mass is 35.5. The van der Waals surface area contributed by atoms with Crippen molar-refractivity contribution in [2.45, 2.75) is 57.1 Å². The van der Waals surface area contributed by atoms with Crippen LogP contribution in [0.5, 0.6) is 0 Å². The molecule has 0 saturated carbocycles. The Bertz CT molecular complexity index is 562. The Kier molecular flexibility index (Phi) is 5.68. The van der Waals surface area contributed by atoms with Crippen molar-refractivity contribution in [2.75, 3.05) is 6.26 Å². The van der Waals surface area contributed by atoms with E-state index in [2.05, 4.69) is 39.8 Å². The number of hydrogen-bond donors (Lipinski definition) is 0. The van der Waals surface area contributed by atoms with E-state index in [0.717, 1.165) is 11.1 Å². The van der Waals surface area contributed by atoms with Crippen molar-refractivity contribution in [1.82, 2.24) is 0 Å². The molecule has 0 spiro atoms. The highest BCUT2D eigenvalue weighted by Crippen LogP contribution is 2.35. The molecule has 0 saturated heterocycles. The summed E-state index contributed by atoms with van der Waals surface area (Å²) >= 11 is 6.44. The van der Waals surface area contributed by atoms with Crippen LogP contribution in [-0.4, -0.2) is 19.9 Å². The molecular weight excluding hydrogens is 292 g/mol. The highest BCUT2D eigenvalue weighted by Gasteiger charge is 2.28. The van der Waals surface area contributed by atoms with Gasteiger partial charge in [0.05, 0.1) is 10.6 Å². The summed E-state index contributed by atoms with van der Waals surface area (Å²) in [5.74, 6) is 0.763. The van der Waals surface area contributed by atoms with Gasteiger partial charge in [0.1, 0.15) is 0 Å². The molecule has 0 aliphatic rings. The van der Waals surface area contributed by atoms with Gasteiger partial charge in [-0.2, -0.15) is 0 Å². The van der Waals surface area contributed by atoms with Gasteiger partial charge in [-0.05, 0) is 35.4 Å². The Morgan fingerprint density at radius 3 is 1.90 bits per heavy atom. The van der Waals surface area contributed by atoms with Crippen molar-refractivity contribution in [3.63, 3.8) is 0 Å². The SMILES string of the molecule is CC(C)c1ccc(C(Cl)C(C)S(C)(=O)=O)c(C(C)C)c1. The summed E-state index contributed by atoms with van der Waals surface area (Å²) in [4.78, 5) is 0. The minimum absolute atomic E-state index is 0.316. The summed E-state index contributed by atoms with van der Waals surface area (Å²) in [5.41, 5.74) is 3.34. The lowest BCUT2D eigenvalue weighted by Gasteiger charge is -2.23. The fourth-order valence-electron chi connectivity index (χ4n) is 2.17. The second kappa shape index (κ2) is 6.48. The van der Waals surface area contributed by atoms with Crippen LogP contribution < -0.4 is 0 Å². The van der Waals surface area contributed by atoms with Crippen molar-refractivity contribution in [1.29, 1.82) is 0 Å². The van der Waals surface area contributed by atoms with Crippen LogP contribution in [0.25, 0.3) is 0 Å². The summed E-state index contributed by atoms with van der Waals surface area (Å²) in [6.45, 7) is 10.2. The van der Waals surface area contributed by atoms with E-state index in [1.807, 2.05) is 6.07 Å². The minimum atomic E-state index is -3.15. The molecule has 0 heterocycles. The van der Waals surface area contributed by atoms with Crippen molar-refractivity contribution >= 4 is 21.4 Å². The molecule has 114 valence electrons. The molecule has 0 amide bonds. The van der Waals surface area contributed by atoms with Gasteiger partial charge in [-0.3, -0.25) is 0 Å². The van der Waals surface area contributed by atoms with Crippen molar-refractivity contribution in [2.24, 2.45) is 0 Å². The van der Waals surface area contributed by atoms with E-state index in [-0.39, 0.29) is 0 Å². The lowest BCUT2D eigenvalue weighted by atomic mass is 9.89. The second-order valence-electron chi connectivity index (χ2n) is 6.13. The third kappa shape index (κ3) is 3.98. The maximum absolute atomic E-state index is 11.7.